The third-order valence-corrected chi connectivity index (χ3v) is 3.90. The second kappa shape index (κ2) is 7.69. The Morgan fingerprint density at radius 2 is 2.27 bits per heavy atom. The van der Waals surface area contributed by atoms with E-state index >= 15 is 0 Å². The fourth-order valence-electron chi connectivity index (χ4n) is 1.67. The molecule has 0 spiro atoms. The summed E-state index contributed by atoms with van der Waals surface area (Å²) in [6, 6.07) is 1.51. The first-order chi connectivity index (χ1) is 10.6. The van der Waals surface area contributed by atoms with Gasteiger partial charge < -0.3 is 5.32 Å². The topological polar surface area (TPSA) is 108 Å². The van der Waals surface area contributed by atoms with Crippen LogP contribution in [0.4, 0.5) is 0 Å². The van der Waals surface area contributed by atoms with Gasteiger partial charge in [0.05, 0.1) is 12.1 Å². The highest BCUT2D eigenvalue weighted by Crippen LogP contribution is 2.10. The summed E-state index contributed by atoms with van der Waals surface area (Å²) in [6.07, 6.45) is 2.23. The van der Waals surface area contributed by atoms with Crippen molar-refractivity contribution in [3.8, 4) is 0 Å². The highest BCUT2D eigenvalue weighted by molar-refractivity contribution is 7.99. The Balaban J connectivity index is 1.75. The molecule has 2 rings (SSSR count). The van der Waals surface area contributed by atoms with E-state index < -0.39 is 0 Å². The maximum atomic E-state index is 11.8. The monoisotopic (exact) mass is 323 g/mol. The number of rotatable bonds is 7. The molecular weight excluding hydrogens is 306 g/mol. The molecule has 2 aromatic rings. The third kappa shape index (κ3) is 4.38. The van der Waals surface area contributed by atoms with Crippen LogP contribution < -0.4 is 10.9 Å². The maximum Gasteiger partial charge on any atom is 0.253 e. The minimum Gasteiger partial charge on any atom is -0.354 e. The lowest BCUT2D eigenvalue weighted by atomic mass is 10.3. The van der Waals surface area contributed by atoms with Gasteiger partial charge in [-0.25, -0.2) is 9.67 Å². The number of tetrazole rings is 1. The number of nitrogens with zero attached hydrogens (tertiary/aromatic N) is 6. The average molecular weight is 323 g/mol. The van der Waals surface area contributed by atoms with Crippen molar-refractivity contribution < 1.29 is 4.79 Å². The van der Waals surface area contributed by atoms with Crippen LogP contribution in [-0.2, 0) is 24.8 Å². The molecule has 0 radical (unpaired) electrons. The summed E-state index contributed by atoms with van der Waals surface area (Å²) in [6.45, 7) is 2.69. The number of carbonyl (C=O) groups excluding carboxylic acids is 1. The molecule has 0 atom stereocenters. The Kier molecular flexibility index (Phi) is 5.64. The molecule has 0 bridgehead atoms. The summed E-state index contributed by atoms with van der Waals surface area (Å²) < 4.78 is 2.97. The number of thioether (sulfide) groups is 1. The number of hydrogen-bond acceptors (Lipinski definition) is 7. The first kappa shape index (κ1) is 16.1. The first-order valence-corrected chi connectivity index (χ1v) is 7.76. The molecule has 118 valence electrons. The molecule has 10 heteroatoms. The summed E-state index contributed by atoms with van der Waals surface area (Å²) in [5, 5.41) is 14.3. The average Bonchev–Trinajstić information content (AvgIpc) is 2.92. The summed E-state index contributed by atoms with van der Waals surface area (Å²) in [7, 11) is 1.71. The van der Waals surface area contributed by atoms with Gasteiger partial charge in [-0.2, -0.15) is 0 Å². The Labute approximate surface area is 131 Å². The highest BCUT2D eigenvalue weighted by atomic mass is 32.2. The summed E-state index contributed by atoms with van der Waals surface area (Å²) in [5.41, 5.74) is 0.652. The fraction of sp³-hybridized carbons (Fsp3) is 0.500. The molecule has 2 aromatic heterocycles. The van der Waals surface area contributed by atoms with Gasteiger partial charge in [0, 0.05) is 31.9 Å². The molecule has 0 saturated heterocycles. The molecular formula is C12H17N7O2S. The van der Waals surface area contributed by atoms with E-state index in [0.717, 1.165) is 12.1 Å². The zero-order chi connectivity index (χ0) is 15.9. The number of carbonyl (C=O) groups is 1. The van der Waals surface area contributed by atoms with E-state index in [-0.39, 0.29) is 17.2 Å². The molecule has 22 heavy (non-hydrogen) atoms. The minimum atomic E-state index is -0.140. The van der Waals surface area contributed by atoms with Gasteiger partial charge in [-0.05, 0) is 16.8 Å². The number of aryl methyl sites for hydroxylation is 2. The number of amides is 1. The number of hydrogen-bond donors (Lipinski definition) is 1. The van der Waals surface area contributed by atoms with E-state index in [1.165, 1.54) is 33.4 Å². The van der Waals surface area contributed by atoms with Crippen molar-refractivity contribution in [3.05, 3.63) is 28.4 Å². The molecule has 0 aromatic carbocycles. The summed E-state index contributed by atoms with van der Waals surface area (Å²) >= 11 is 1.25. The van der Waals surface area contributed by atoms with Crippen LogP contribution in [-0.4, -0.2) is 48.0 Å². The lowest BCUT2D eigenvalue weighted by molar-refractivity contribution is -0.118. The fourth-order valence-corrected chi connectivity index (χ4v) is 2.35. The van der Waals surface area contributed by atoms with Crippen LogP contribution in [0.3, 0.4) is 0 Å². The van der Waals surface area contributed by atoms with Gasteiger partial charge in [-0.3, -0.25) is 14.2 Å². The van der Waals surface area contributed by atoms with Crippen molar-refractivity contribution in [2.75, 3.05) is 12.3 Å². The zero-order valence-electron chi connectivity index (χ0n) is 12.4. The smallest absolute Gasteiger partial charge is 0.253 e. The molecule has 0 aliphatic rings. The van der Waals surface area contributed by atoms with Gasteiger partial charge in [-0.1, -0.05) is 18.7 Å². The van der Waals surface area contributed by atoms with E-state index in [0.29, 0.717) is 18.2 Å². The van der Waals surface area contributed by atoms with E-state index in [2.05, 4.69) is 25.8 Å². The summed E-state index contributed by atoms with van der Waals surface area (Å²) in [5.74, 6) is 0.0787. The Bertz CT molecular complexity index is 697. The van der Waals surface area contributed by atoms with Gasteiger partial charge >= 0.3 is 0 Å². The second-order valence-electron chi connectivity index (χ2n) is 4.49. The van der Waals surface area contributed by atoms with Crippen LogP contribution in [0.5, 0.6) is 0 Å². The van der Waals surface area contributed by atoms with Crippen LogP contribution in [0.1, 0.15) is 12.6 Å². The predicted octanol–water partition coefficient (Wildman–Crippen LogP) is -0.762. The van der Waals surface area contributed by atoms with E-state index in [9.17, 15) is 9.59 Å². The number of nitrogens with one attached hydrogen (secondary N) is 1. The third-order valence-electron chi connectivity index (χ3n) is 2.89. The zero-order valence-corrected chi connectivity index (χ0v) is 13.2. The molecule has 0 unspecified atom stereocenters. The Morgan fingerprint density at radius 3 is 2.91 bits per heavy atom. The largest absolute Gasteiger partial charge is 0.354 e. The van der Waals surface area contributed by atoms with Crippen molar-refractivity contribution in [1.82, 2.24) is 35.1 Å². The molecule has 1 amide bonds. The van der Waals surface area contributed by atoms with Gasteiger partial charge in [0.25, 0.3) is 5.56 Å². The van der Waals surface area contributed by atoms with Gasteiger partial charge in [0.2, 0.25) is 11.1 Å². The van der Waals surface area contributed by atoms with Crippen molar-refractivity contribution in [3.63, 3.8) is 0 Å². The lowest BCUT2D eigenvalue weighted by Gasteiger charge is -2.07. The van der Waals surface area contributed by atoms with Gasteiger partial charge in [-0.15, -0.1) is 5.10 Å². The van der Waals surface area contributed by atoms with Crippen molar-refractivity contribution in [2.45, 2.75) is 25.0 Å². The standard InChI is InChI=1S/C12H17N7O2S/c1-3-9-6-11(21)19(8-14-9)5-4-13-10(20)7-22-12-15-16-17-18(12)2/h6,8H,3-5,7H2,1-2H3,(H,13,20). The molecule has 0 saturated carbocycles. The molecule has 1 N–H and O–H groups in total. The van der Waals surface area contributed by atoms with Crippen molar-refractivity contribution in [1.29, 1.82) is 0 Å². The lowest BCUT2D eigenvalue weighted by Crippen LogP contribution is -2.32. The van der Waals surface area contributed by atoms with E-state index in [4.69, 9.17) is 0 Å². The van der Waals surface area contributed by atoms with Crippen LogP contribution in [0.2, 0.25) is 0 Å². The first-order valence-electron chi connectivity index (χ1n) is 6.77. The molecule has 0 fully saturated rings. The molecule has 9 nitrogen and oxygen atoms in total. The maximum absolute atomic E-state index is 11.8. The number of aromatic nitrogens is 6. The summed E-state index contributed by atoms with van der Waals surface area (Å²) in [4.78, 5) is 27.6. The van der Waals surface area contributed by atoms with Gasteiger partial charge in [0.1, 0.15) is 0 Å². The Hall–Kier alpha value is -2.23. The van der Waals surface area contributed by atoms with E-state index in [1.807, 2.05) is 6.92 Å². The van der Waals surface area contributed by atoms with Crippen LogP contribution in [0, 0.1) is 0 Å². The minimum absolute atomic E-state index is 0.111. The highest BCUT2D eigenvalue weighted by Gasteiger charge is 2.07. The molecule has 0 aliphatic carbocycles. The molecule has 2 heterocycles. The van der Waals surface area contributed by atoms with Crippen LogP contribution in [0.15, 0.2) is 22.3 Å². The predicted molar refractivity (Wildman–Crippen MR) is 80.4 cm³/mol. The molecule has 0 aliphatic heterocycles. The quantitative estimate of drug-likeness (QED) is 0.667. The second-order valence-corrected chi connectivity index (χ2v) is 5.43. The Morgan fingerprint density at radius 1 is 1.45 bits per heavy atom. The van der Waals surface area contributed by atoms with Crippen molar-refractivity contribution in [2.24, 2.45) is 7.05 Å². The van der Waals surface area contributed by atoms with Crippen LogP contribution in [0.25, 0.3) is 0 Å². The van der Waals surface area contributed by atoms with Gasteiger partial charge in [0.15, 0.2) is 0 Å². The van der Waals surface area contributed by atoms with E-state index in [1.54, 1.807) is 7.05 Å². The normalized spacial score (nSPS) is 10.6. The van der Waals surface area contributed by atoms with Crippen molar-refractivity contribution >= 4 is 17.7 Å². The van der Waals surface area contributed by atoms with Crippen LogP contribution >= 0.6 is 11.8 Å². The SMILES string of the molecule is CCc1cc(=O)n(CCNC(=O)CSc2nnnn2C)cn1.